The molecule has 1 unspecified atom stereocenters. The smallest absolute Gasteiger partial charge is 0.221 e. The van der Waals surface area contributed by atoms with Gasteiger partial charge in [0.25, 0.3) is 0 Å². The van der Waals surface area contributed by atoms with Crippen molar-refractivity contribution in [3.05, 3.63) is 35.9 Å². The van der Waals surface area contributed by atoms with E-state index in [1.807, 2.05) is 0 Å². The van der Waals surface area contributed by atoms with Gasteiger partial charge in [-0.2, -0.15) is 4.31 Å². The average molecular weight is 365 g/mol. The summed E-state index contributed by atoms with van der Waals surface area (Å²) >= 11 is 0. The molecule has 0 amide bonds. The highest BCUT2D eigenvalue weighted by Crippen LogP contribution is 2.22. The summed E-state index contributed by atoms with van der Waals surface area (Å²) in [5.74, 6) is 0. The molecule has 4 rings (SSSR count). The third-order valence-electron chi connectivity index (χ3n) is 5.67. The van der Waals surface area contributed by atoms with Gasteiger partial charge >= 0.3 is 0 Å². The van der Waals surface area contributed by atoms with Gasteiger partial charge in [-0.1, -0.05) is 30.3 Å². The fourth-order valence-corrected chi connectivity index (χ4v) is 5.65. The van der Waals surface area contributed by atoms with Gasteiger partial charge in [-0.25, -0.2) is 8.42 Å². The summed E-state index contributed by atoms with van der Waals surface area (Å²) in [6.07, 6.45) is 1.18. The molecule has 1 atom stereocenters. The summed E-state index contributed by atoms with van der Waals surface area (Å²) in [6.45, 7) is 6.86. The molecule has 1 aromatic carbocycles. The van der Waals surface area contributed by atoms with Crippen LogP contribution in [0.1, 0.15) is 12.0 Å². The van der Waals surface area contributed by atoms with Crippen molar-refractivity contribution in [3.63, 3.8) is 0 Å². The van der Waals surface area contributed by atoms with E-state index in [0.717, 1.165) is 32.7 Å². The second-order valence-corrected chi connectivity index (χ2v) is 9.52. The van der Waals surface area contributed by atoms with Crippen molar-refractivity contribution < 1.29 is 13.2 Å². The Kier molecular flexibility index (Phi) is 5.11. The third kappa shape index (κ3) is 3.75. The van der Waals surface area contributed by atoms with Crippen molar-refractivity contribution in [1.82, 2.24) is 14.1 Å². The van der Waals surface area contributed by atoms with Crippen LogP contribution in [0.25, 0.3) is 0 Å². The first kappa shape index (κ1) is 17.4. The molecule has 3 saturated heterocycles. The minimum absolute atomic E-state index is 0.313. The highest BCUT2D eigenvalue weighted by Gasteiger charge is 2.39. The summed E-state index contributed by atoms with van der Waals surface area (Å²) < 4.78 is 31.7. The van der Waals surface area contributed by atoms with Gasteiger partial charge < -0.3 is 4.74 Å². The molecule has 3 heterocycles. The summed E-state index contributed by atoms with van der Waals surface area (Å²) in [5.41, 5.74) is 1.36. The number of sulfonamides is 1. The van der Waals surface area contributed by atoms with Gasteiger partial charge in [-0.05, 0) is 12.0 Å². The maximum Gasteiger partial charge on any atom is 0.221 e. The Bertz CT molecular complexity index is 670. The second-order valence-electron chi connectivity index (χ2n) is 7.30. The van der Waals surface area contributed by atoms with Crippen LogP contribution < -0.4 is 0 Å². The Balaban J connectivity index is 1.27. The number of hydrogen-bond donors (Lipinski definition) is 0. The monoisotopic (exact) mass is 365 g/mol. The summed E-state index contributed by atoms with van der Waals surface area (Å²) in [6, 6.07) is 11.2. The summed E-state index contributed by atoms with van der Waals surface area (Å²) in [7, 11) is -3.15. The quantitative estimate of drug-likeness (QED) is 0.765. The van der Waals surface area contributed by atoms with Crippen LogP contribution in [0.4, 0.5) is 0 Å². The Labute approximate surface area is 150 Å². The zero-order valence-electron chi connectivity index (χ0n) is 14.6. The lowest BCUT2D eigenvalue weighted by Gasteiger charge is -2.39. The van der Waals surface area contributed by atoms with Gasteiger partial charge in [0.2, 0.25) is 10.0 Å². The normalized spacial score (nSPS) is 27.4. The van der Waals surface area contributed by atoms with Crippen LogP contribution in [0.5, 0.6) is 0 Å². The maximum atomic E-state index is 12.5. The van der Waals surface area contributed by atoms with Crippen LogP contribution in [-0.2, 0) is 21.3 Å². The molecule has 0 saturated carbocycles. The molecule has 3 fully saturated rings. The van der Waals surface area contributed by atoms with E-state index >= 15 is 0 Å². The number of hydrogen-bond acceptors (Lipinski definition) is 5. The Morgan fingerprint density at radius 3 is 2.36 bits per heavy atom. The molecule has 0 bridgehead atoms. The SMILES string of the molecule is O=S(=O)(C1COC1)N1CCN(C2CCN(Cc3ccccc3)C2)CC1. The van der Waals surface area contributed by atoms with Gasteiger partial charge in [0.15, 0.2) is 0 Å². The molecule has 0 aliphatic carbocycles. The van der Waals surface area contributed by atoms with Crippen LogP contribution in [0.2, 0.25) is 0 Å². The van der Waals surface area contributed by atoms with E-state index in [-0.39, 0.29) is 5.25 Å². The van der Waals surface area contributed by atoms with Crippen LogP contribution in [0.15, 0.2) is 30.3 Å². The molecule has 0 radical (unpaired) electrons. The van der Waals surface area contributed by atoms with Crippen molar-refractivity contribution in [3.8, 4) is 0 Å². The van der Waals surface area contributed by atoms with Crippen LogP contribution >= 0.6 is 0 Å². The molecule has 3 aliphatic rings. The number of piperazine rings is 1. The van der Waals surface area contributed by atoms with Crippen LogP contribution in [0, 0.1) is 0 Å². The van der Waals surface area contributed by atoms with E-state index in [4.69, 9.17) is 4.74 Å². The van der Waals surface area contributed by atoms with Crippen LogP contribution in [-0.4, -0.2) is 86.3 Å². The number of likely N-dealkylation sites (tertiary alicyclic amines) is 1. The summed E-state index contributed by atoms with van der Waals surface area (Å²) in [5, 5.41) is -0.313. The average Bonchev–Trinajstić information content (AvgIpc) is 3.02. The predicted molar refractivity (Wildman–Crippen MR) is 96.8 cm³/mol. The molecule has 3 aliphatic heterocycles. The molecule has 0 N–H and O–H groups in total. The van der Waals surface area contributed by atoms with Gasteiger partial charge in [0.1, 0.15) is 5.25 Å². The third-order valence-corrected chi connectivity index (χ3v) is 7.87. The van der Waals surface area contributed by atoms with Crippen molar-refractivity contribution in [2.24, 2.45) is 0 Å². The van der Waals surface area contributed by atoms with E-state index in [1.165, 1.54) is 12.0 Å². The van der Waals surface area contributed by atoms with E-state index in [9.17, 15) is 8.42 Å². The lowest BCUT2D eigenvalue weighted by Crippen LogP contribution is -2.56. The minimum atomic E-state index is -3.15. The lowest BCUT2D eigenvalue weighted by molar-refractivity contribution is 0.0377. The lowest BCUT2D eigenvalue weighted by atomic mass is 10.2. The van der Waals surface area contributed by atoms with Crippen molar-refractivity contribution in [2.75, 3.05) is 52.5 Å². The van der Waals surface area contributed by atoms with E-state index in [2.05, 4.69) is 40.1 Å². The Morgan fingerprint density at radius 2 is 1.72 bits per heavy atom. The van der Waals surface area contributed by atoms with E-state index in [1.54, 1.807) is 4.31 Å². The second kappa shape index (κ2) is 7.32. The largest absolute Gasteiger partial charge is 0.378 e. The van der Waals surface area contributed by atoms with Crippen LogP contribution in [0.3, 0.4) is 0 Å². The molecule has 7 heteroatoms. The molecule has 6 nitrogen and oxygen atoms in total. The Hall–Kier alpha value is -0.990. The Morgan fingerprint density at radius 1 is 1.00 bits per heavy atom. The highest BCUT2D eigenvalue weighted by atomic mass is 32.2. The minimum Gasteiger partial charge on any atom is -0.378 e. The molecular formula is C18H27N3O3S. The van der Waals surface area contributed by atoms with Gasteiger partial charge in [0, 0.05) is 51.9 Å². The standard InChI is InChI=1S/C18H27N3O3S/c22-25(23,18-14-24-15-18)21-10-8-20(9-11-21)17-6-7-19(13-17)12-16-4-2-1-3-5-16/h1-5,17-18H,6-15H2. The van der Waals surface area contributed by atoms with Crippen molar-refractivity contribution in [2.45, 2.75) is 24.3 Å². The molecule has 138 valence electrons. The highest BCUT2D eigenvalue weighted by molar-refractivity contribution is 7.89. The molecule has 0 aromatic heterocycles. The molecule has 25 heavy (non-hydrogen) atoms. The van der Waals surface area contributed by atoms with E-state index in [0.29, 0.717) is 32.3 Å². The number of benzene rings is 1. The predicted octanol–water partition coefficient (Wildman–Crippen LogP) is 0.607. The number of rotatable bonds is 5. The zero-order chi connectivity index (χ0) is 17.3. The molecular weight excluding hydrogens is 338 g/mol. The van der Waals surface area contributed by atoms with Gasteiger partial charge in [0.05, 0.1) is 13.2 Å². The zero-order valence-corrected chi connectivity index (χ0v) is 15.4. The first-order valence-corrected chi connectivity index (χ1v) is 10.7. The van der Waals surface area contributed by atoms with Crippen molar-refractivity contribution >= 4 is 10.0 Å². The maximum absolute atomic E-state index is 12.5. The summed E-state index contributed by atoms with van der Waals surface area (Å²) in [4.78, 5) is 4.99. The van der Waals surface area contributed by atoms with Gasteiger partial charge in [-0.3, -0.25) is 9.80 Å². The number of nitrogens with zero attached hydrogens (tertiary/aromatic N) is 3. The first-order valence-electron chi connectivity index (χ1n) is 9.20. The number of ether oxygens (including phenoxy) is 1. The fraction of sp³-hybridized carbons (Fsp3) is 0.667. The fourth-order valence-electron chi connectivity index (χ4n) is 4.02. The molecule has 0 spiro atoms. The van der Waals surface area contributed by atoms with E-state index < -0.39 is 10.0 Å². The topological polar surface area (TPSA) is 53.1 Å². The molecule has 1 aromatic rings. The van der Waals surface area contributed by atoms with Crippen molar-refractivity contribution in [1.29, 1.82) is 0 Å². The first-order chi connectivity index (χ1) is 12.1. The van der Waals surface area contributed by atoms with Gasteiger partial charge in [-0.15, -0.1) is 0 Å².